The number of nitrogens with two attached hydrogens (primary N) is 2. The first-order valence-corrected chi connectivity index (χ1v) is 6.93. The summed E-state index contributed by atoms with van der Waals surface area (Å²) < 4.78 is 1.65. The van der Waals surface area contributed by atoms with E-state index in [1.165, 1.54) is 0 Å². The number of carbonyl (C=O) groups excluding carboxylic acids is 2. The third kappa shape index (κ3) is 2.56. The smallest absolute Gasteiger partial charge is 0.270 e. The second-order valence-electron chi connectivity index (χ2n) is 5.51. The number of likely N-dealkylation sites (tertiary alicyclic amines) is 1. The number of hydrogen-bond donors (Lipinski definition) is 2. The summed E-state index contributed by atoms with van der Waals surface area (Å²) >= 11 is 0. The van der Waals surface area contributed by atoms with Crippen LogP contribution in [0.25, 0.3) is 0 Å². The molecule has 2 amide bonds. The van der Waals surface area contributed by atoms with Gasteiger partial charge < -0.3 is 20.9 Å². The highest BCUT2D eigenvalue weighted by molar-refractivity contribution is 5.98. The Morgan fingerprint density at radius 3 is 2.70 bits per heavy atom. The highest BCUT2D eigenvalue weighted by Crippen LogP contribution is 2.24. The van der Waals surface area contributed by atoms with E-state index in [9.17, 15) is 9.59 Å². The van der Waals surface area contributed by atoms with Gasteiger partial charge in [0, 0.05) is 32.4 Å². The number of primary amides is 1. The summed E-state index contributed by atoms with van der Waals surface area (Å²) in [5.41, 5.74) is 11.9. The van der Waals surface area contributed by atoms with Crippen molar-refractivity contribution in [3.8, 4) is 0 Å². The van der Waals surface area contributed by atoms with Crippen molar-refractivity contribution in [2.24, 2.45) is 24.4 Å². The Balaban J connectivity index is 2.28. The van der Waals surface area contributed by atoms with Crippen molar-refractivity contribution in [3.63, 3.8) is 0 Å². The number of hydrogen-bond acceptors (Lipinski definition) is 3. The molecule has 2 heterocycles. The Labute approximate surface area is 118 Å². The van der Waals surface area contributed by atoms with Crippen molar-refractivity contribution in [1.29, 1.82) is 0 Å². The van der Waals surface area contributed by atoms with E-state index in [0.717, 1.165) is 12.8 Å². The van der Waals surface area contributed by atoms with E-state index in [-0.39, 0.29) is 11.9 Å². The minimum atomic E-state index is -0.526. The number of aryl methyl sites for hydroxylation is 1. The molecular weight excluding hydrogens is 256 g/mol. The molecule has 0 unspecified atom stereocenters. The summed E-state index contributed by atoms with van der Waals surface area (Å²) in [7, 11) is 1.74. The zero-order valence-electron chi connectivity index (χ0n) is 12.0. The minimum absolute atomic E-state index is 0.0585. The number of amides is 2. The van der Waals surface area contributed by atoms with Gasteiger partial charge >= 0.3 is 0 Å². The molecule has 6 nitrogen and oxygen atoms in total. The Morgan fingerprint density at radius 2 is 2.15 bits per heavy atom. The Morgan fingerprint density at radius 1 is 1.45 bits per heavy atom. The number of nitrogens with zero attached hydrogens (tertiary/aromatic N) is 2. The second-order valence-corrected chi connectivity index (χ2v) is 5.51. The van der Waals surface area contributed by atoms with Crippen LogP contribution < -0.4 is 11.5 Å². The lowest BCUT2D eigenvalue weighted by Gasteiger charge is -2.39. The van der Waals surface area contributed by atoms with Gasteiger partial charge in [0.15, 0.2) is 0 Å². The molecule has 1 aromatic heterocycles. The van der Waals surface area contributed by atoms with Crippen molar-refractivity contribution in [2.45, 2.75) is 25.8 Å². The van der Waals surface area contributed by atoms with Gasteiger partial charge in [-0.1, -0.05) is 6.92 Å². The standard InChI is InChI=1S/C14H22N4O2/c1-9-4-3-5-18(12(9)7-15)14(20)11-6-10(13(16)19)8-17(11)2/h6,8-9,12H,3-5,7,15H2,1-2H3,(H2,16,19)/t9-,12-/m0/s1. The molecule has 0 saturated carbocycles. The first kappa shape index (κ1) is 14.6. The molecule has 0 radical (unpaired) electrons. The SMILES string of the molecule is C[C@H]1CCCN(C(=O)c2cc(C(N)=O)cn2C)[C@H]1CN. The molecule has 0 aromatic carbocycles. The molecule has 20 heavy (non-hydrogen) atoms. The van der Waals surface area contributed by atoms with Gasteiger partial charge in [-0.15, -0.1) is 0 Å². The van der Waals surface area contributed by atoms with Crippen molar-refractivity contribution >= 4 is 11.8 Å². The van der Waals surface area contributed by atoms with Gasteiger partial charge in [-0.25, -0.2) is 0 Å². The molecule has 0 spiro atoms. The van der Waals surface area contributed by atoms with Crippen LogP contribution in [0.1, 0.15) is 40.6 Å². The van der Waals surface area contributed by atoms with E-state index in [0.29, 0.717) is 30.3 Å². The van der Waals surface area contributed by atoms with Crippen molar-refractivity contribution in [3.05, 3.63) is 23.5 Å². The van der Waals surface area contributed by atoms with Crippen LogP contribution >= 0.6 is 0 Å². The lowest BCUT2D eigenvalue weighted by molar-refractivity contribution is 0.0523. The summed E-state index contributed by atoms with van der Waals surface area (Å²) in [4.78, 5) is 25.7. The molecule has 2 atom stereocenters. The van der Waals surface area contributed by atoms with E-state index in [4.69, 9.17) is 11.5 Å². The van der Waals surface area contributed by atoms with Gasteiger partial charge in [-0.05, 0) is 24.8 Å². The van der Waals surface area contributed by atoms with Gasteiger partial charge in [0.05, 0.1) is 5.56 Å². The summed E-state index contributed by atoms with van der Waals surface area (Å²) in [5.74, 6) is -0.211. The molecule has 6 heteroatoms. The first-order chi connectivity index (χ1) is 9.45. The van der Waals surface area contributed by atoms with E-state index < -0.39 is 5.91 Å². The Bertz CT molecular complexity index is 523. The molecule has 110 valence electrons. The van der Waals surface area contributed by atoms with Crippen LogP contribution in [0.4, 0.5) is 0 Å². The molecule has 1 aliphatic heterocycles. The van der Waals surface area contributed by atoms with Gasteiger partial charge in [-0.3, -0.25) is 9.59 Å². The fourth-order valence-electron chi connectivity index (χ4n) is 2.92. The third-order valence-electron chi connectivity index (χ3n) is 4.13. The largest absolute Gasteiger partial charge is 0.366 e. The molecule has 1 saturated heterocycles. The Kier molecular flexibility index (Phi) is 4.13. The molecule has 0 bridgehead atoms. The first-order valence-electron chi connectivity index (χ1n) is 6.93. The zero-order chi connectivity index (χ0) is 14.9. The van der Waals surface area contributed by atoms with E-state index >= 15 is 0 Å². The lowest BCUT2D eigenvalue weighted by atomic mass is 9.90. The predicted octanol–water partition coefficient (Wildman–Crippen LogP) is 0.323. The second kappa shape index (κ2) is 5.66. The number of carbonyl (C=O) groups is 2. The average Bonchev–Trinajstić information content (AvgIpc) is 2.80. The van der Waals surface area contributed by atoms with Crippen LogP contribution in [0.2, 0.25) is 0 Å². The lowest BCUT2D eigenvalue weighted by Crippen LogP contribution is -2.51. The zero-order valence-corrected chi connectivity index (χ0v) is 12.0. The van der Waals surface area contributed by atoms with E-state index in [1.807, 2.05) is 4.90 Å². The van der Waals surface area contributed by atoms with Crippen molar-refractivity contribution in [1.82, 2.24) is 9.47 Å². The summed E-state index contributed by atoms with van der Waals surface area (Å²) in [6.07, 6.45) is 3.65. The van der Waals surface area contributed by atoms with Gasteiger partial charge in [0.1, 0.15) is 5.69 Å². The van der Waals surface area contributed by atoms with Gasteiger partial charge in [0.2, 0.25) is 5.91 Å². The summed E-state index contributed by atoms with van der Waals surface area (Å²) in [6.45, 7) is 3.29. The topological polar surface area (TPSA) is 94.3 Å². The van der Waals surface area contributed by atoms with E-state index in [1.54, 1.807) is 23.9 Å². The average molecular weight is 278 g/mol. The molecule has 0 aliphatic carbocycles. The molecule has 1 aliphatic rings. The molecular formula is C14H22N4O2. The minimum Gasteiger partial charge on any atom is -0.366 e. The third-order valence-corrected chi connectivity index (χ3v) is 4.13. The number of rotatable bonds is 3. The number of piperidine rings is 1. The summed E-state index contributed by atoms with van der Waals surface area (Å²) in [6, 6.07) is 1.61. The maximum absolute atomic E-state index is 12.7. The molecule has 2 rings (SSSR count). The van der Waals surface area contributed by atoms with Crippen LogP contribution in [-0.2, 0) is 7.05 Å². The highest BCUT2D eigenvalue weighted by atomic mass is 16.2. The molecule has 4 N–H and O–H groups in total. The Hall–Kier alpha value is -1.82. The fourth-order valence-corrected chi connectivity index (χ4v) is 2.92. The van der Waals surface area contributed by atoms with Gasteiger partial charge in [-0.2, -0.15) is 0 Å². The normalized spacial score (nSPS) is 22.9. The monoisotopic (exact) mass is 278 g/mol. The van der Waals surface area contributed by atoms with Crippen LogP contribution in [0.15, 0.2) is 12.3 Å². The van der Waals surface area contributed by atoms with Crippen molar-refractivity contribution in [2.75, 3.05) is 13.1 Å². The predicted molar refractivity (Wildman–Crippen MR) is 76.2 cm³/mol. The van der Waals surface area contributed by atoms with E-state index in [2.05, 4.69) is 6.92 Å². The molecule has 1 fully saturated rings. The maximum Gasteiger partial charge on any atom is 0.270 e. The van der Waals surface area contributed by atoms with Gasteiger partial charge in [0.25, 0.3) is 5.91 Å². The van der Waals surface area contributed by atoms with Crippen LogP contribution in [-0.4, -0.2) is 40.4 Å². The molecule has 1 aromatic rings. The van der Waals surface area contributed by atoms with Crippen LogP contribution in [0.5, 0.6) is 0 Å². The fraction of sp³-hybridized carbons (Fsp3) is 0.571. The highest BCUT2D eigenvalue weighted by Gasteiger charge is 2.32. The van der Waals surface area contributed by atoms with Crippen LogP contribution in [0, 0.1) is 5.92 Å². The summed E-state index contributed by atoms with van der Waals surface area (Å²) in [5, 5.41) is 0. The maximum atomic E-state index is 12.7. The number of aromatic nitrogens is 1. The van der Waals surface area contributed by atoms with Crippen LogP contribution in [0.3, 0.4) is 0 Å². The quantitative estimate of drug-likeness (QED) is 0.833. The van der Waals surface area contributed by atoms with Crippen molar-refractivity contribution < 1.29 is 9.59 Å².